The van der Waals surface area contributed by atoms with Crippen molar-refractivity contribution >= 4 is 71.5 Å². The molecule has 0 aliphatic heterocycles. The van der Waals surface area contributed by atoms with E-state index in [4.69, 9.17) is 63.1 Å². The van der Waals surface area contributed by atoms with E-state index in [2.05, 4.69) is 0 Å². The Morgan fingerprint density at radius 1 is 0.684 bits per heavy atom. The van der Waals surface area contributed by atoms with Crippen LogP contribution in [0.15, 0.2) is 36.4 Å². The number of phenols is 1. The van der Waals surface area contributed by atoms with E-state index in [-0.39, 0.29) is 28.6 Å². The number of benzene rings is 2. The fourth-order valence-corrected chi connectivity index (χ4v) is 2.08. The van der Waals surface area contributed by atoms with Crippen molar-refractivity contribution in [2.45, 2.75) is 0 Å². The fourth-order valence-electron chi connectivity index (χ4n) is 0.972. The van der Waals surface area contributed by atoms with Crippen molar-refractivity contribution in [3.8, 4) is 5.75 Å². The molecule has 0 aliphatic rings. The molecule has 0 aliphatic carbocycles. The molecule has 0 fully saturated rings. The van der Waals surface area contributed by atoms with E-state index in [0.717, 1.165) is 0 Å². The number of rotatable bonds is 0. The van der Waals surface area contributed by atoms with Crippen molar-refractivity contribution in [2.75, 3.05) is 0 Å². The van der Waals surface area contributed by atoms with Gasteiger partial charge < -0.3 is 5.11 Å². The lowest BCUT2D eigenvalue weighted by Gasteiger charge is -2.02. The maximum atomic E-state index is 8.63. The van der Waals surface area contributed by atoms with Crippen LogP contribution in [0.1, 0.15) is 0 Å². The predicted molar refractivity (Wildman–Crippen MR) is 90.0 cm³/mol. The lowest BCUT2D eigenvalue weighted by Crippen LogP contribution is -1.75. The predicted octanol–water partition coefficient (Wildman–Crippen LogP) is 6.46. The fraction of sp³-hybridized carbons (Fsp3) is 0. The topological polar surface area (TPSA) is 20.2 Å². The summed E-state index contributed by atoms with van der Waals surface area (Å²) < 4.78 is 0. The summed E-state index contributed by atoms with van der Waals surface area (Å²) in [4.78, 5) is 0. The normalized spacial score (nSPS) is 9.11. The minimum Gasteiger partial charge on any atom is -0.508 e. The summed E-state index contributed by atoms with van der Waals surface area (Å²) in [6, 6.07) is 10.2. The van der Waals surface area contributed by atoms with Gasteiger partial charge in [-0.1, -0.05) is 76.2 Å². The number of halogens is 5. The average Bonchev–Trinajstić information content (AvgIpc) is 2.36. The van der Waals surface area contributed by atoms with Gasteiger partial charge in [-0.25, -0.2) is 0 Å². The molecule has 104 valence electrons. The molecule has 19 heavy (non-hydrogen) atoms. The van der Waals surface area contributed by atoms with E-state index < -0.39 is 0 Å². The summed E-state index contributed by atoms with van der Waals surface area (Å²) in [5.41, 5.74) is 0. The third-order valence-corrected chi connectivity index (χ3v) is 3.96. The van der Waals surface area contributed by atoms with Gasteiger partial charge in [-0.3, -0.25) is 0 Å². The molecule has 0 heterocycles. The van der Waals surface area contributed by atoms with E-state index in [1.807, 2.05) is 6.07 Å². The first kappa shape index (κ1) is 19.0. The van der Waals surface area contributed by atoms with Crippen LogP contribution in [0.5, 0.6) is 5.75 Å². The Hall–Kier alpha value is 0.0400. The molecule has 0 bridgehead atoms. The second kappa shape index (κ2) is 9.06. The molecular weight excluding hydrogens is 369 g/mol. The van der Waals surface area contributed by atoms with Crippen LogP contribution in [0, 0.1) is 0 Å². The van der Waals surface area contributed by atoms with Gasteiger partial charge in [0, 0.05) is 0 Å². The molecule has 2 rings (SSSR count). The molecule has 0 unspecified atom stereocenters. The first-order valence-corrected chi connectivity index (χ1v) is 6.55. The summed E-state index contributed by atoms with van der Waals surface area (Å²) in [5, 5.41) is 9.86. The third kappa shape index (κ3) is 5.90. The van der Waals surface area contributed by atoms with Crippen LogP contribution < -0.4 is 0 Å². The van der Waals surface area contributed by atoms with Gasteiger partial charge in [-0.15, -0.1) is 0 Å². The summed E-state index contributed by atoms with van der Waals surface area (Å²) >= 11 is 28.2. The minimum atomic E-state index is 0. The Morgan fingerprint density at radius 2 is 1.11 bits per heavy atom. The van der Waals surface area contributed by atoms with Crippen LogP contribution in [0.2, 0.25) is 25.1 Å². The summed E-state index contributed by atoms with van der Waals surface area (Å²) in [7, 11) is 0. The van der Waals surface area contributed by atoms with E-state index in [0.29, 0.717) is 15.8 Å². The van der Waals surface area contributed by atoms with Gasteiger partial charge in [0.05, 0.1) is 25.1 Å². The molecule has 0 atom stereocenters. The molecular formula is C12H9Cl5OS. The lowest BCUT2D eigenvalue weighted by atomic mass is 10.3. The van der Waals surface area contributed by atoms with Crippen LogP contribution in [0.3, 0.4) is 0 Å². The van der Waals surface area contributed by atoms with Crippen molar-refractivity contribution in [1.82, 2.24) is 0 Å². The number of aromatic hydroxyl groups is 1. The van der Waals surface area contributed by atoms with Crippen molar-refractivity contribution in [2.24, 2.45) is 0 Å². The maximum absolute atomic E-state index is 8.63. The zero-order valence-corrected chi connectivity index (χ0v) is 14.1. The van der Waals surface area contributed by atoms with Crippen LogP contribution >= 0.6 is 71.5 Å². The maximum Gasteiger partial charge on any atom is 0.115 e. The van der Waals surface area contributed by atoms with E-state index in [1.54, 1.807) is 24.3 Å². The molecule has 1 nitrogen and oxygen atoms in total. The van der Waals surface area contributed by atoms with Crippen LogP contribution in [-0.4, -0.2) is 5.11 Å². The van der Waals surface area contributed by atoms with Gasteiger partial charge in [-0.2, -0.15) is 13.5 Å². The highest BCUT2D eigenvalue weighted by atomic mass is 35.5. The van der Waals surface area contributed by atoms with E-state index in [1.165, 1.54) is 6.07 Å². The molecule has 0 radical (unpaired) electrons. The number of hydrogen-bond acceptors (Lipinski definition) is 1. The highest BCUT2D eigenvalue weighted by Gasteiger charge is 2.10. The Labute approximate surface area is 143 Å². The molecule has 0 spiro atoms. The van der Waals surface area contributed by atoms with Crippen molar-refractivity contribution in [3.63, 3.8) is 0 Å². The Balaban J connectivity index is 0.000000352. The zero-order valence-electron chi connectivity index (χ0n) is 9.30. The molecule has 0 amide bonds. The monoisotopic (exact) mass is 376 g/mol. The van der Waals surface area contributed by atoms with Gasteiger partial charge >= 0.3 is 0 Å². The van der Waals surface area contributed by atoms with Gasteiger partial charge in [0.15, 0.2) is 0 Å². The van der Waals surface area contributed by atoms with Crippen LogP contribution in [0.4, 0.5) is 0 Å². The largest absolute Gasteiger partial charge is 0.508 e. The quantitative estimate of drug-likeness (QED) is 0.412. The SMILES string of the molecule is Clc1cc(Cl)c(Cl)c(Cl)c1Cl.Oc1ccccc1.S. The summed E-state index contributed by atoms with van der Waals surface area (Å²) in [5.74, 6) is 0.322. The zero-order chi connectivity index (χ0) is 13.7. The molecule has 7 heteroatoms. The van der Waals surface area contributed by atoms with Gasteiger partial charge in [0.25, 0.3) is 0 Å². The molecule has 0 saturated carbocycles. The first-order valence-electron chi connectivity index (χ1n) is 4.66. The van der Waals surface area contributed by atoms with E-state index >= 15 is 0 Å². The second-order valence-corrected chi connectivity index (χ2v) is 5.07. The first-order chi connectivity index (χ1) is 8.43. The Bertz CT molecular complexity index is 507. The van der Waals surface area contributed by atoms with Crippen LogP contribution in [0.25, 0.3) is 0 Å². The average molecular weight is 379 g/mol. The summed E-state index contributed by atoms with van der Waals surface area (Å²) in [6.07, 6.45) is 0. The smallest absolute Gasteiger partial charge is 0.115 e. The van der Waals surface area contributed by atoms with E-state index in [9.17, 15) is 0 Å². The molecule has 0 saturated heterocycles. The second-order valence-electron chi connectivity index (χ2n) is 3.12. The van der Waals surface area contributed by atoms with Crippen LogP contribution in [-0.2, 0) is 0 Å². The third-order valence-electron chi connectivity index (χ3n) is 1.81. The van der Waals surface area contributed by atoms with Gasteiger partial charge in [-0.05, 0) is 18.2 Å². The van der Waals surface area contributed by atoms with Crippen molar-refractivity contribution in [3.05, 3.63) is 61.5 Å². The highest BCUT2D eigenvalue weighted by Crippen LogP contribution is 2.40. The lowest BCUT2D eigenvalue weighted by molar-refractivity contribution is 0.475. The van der Waals surface area contributed by atoms with Gasteiger partial charge in [0.2, 0.25) is 0 Å². The molecule has 1 N–H and O–H groups in total. The van der Waals surface area contributed by atoms with Crippen molar-refractivity contribution in [1.29, 1.82) is 0 Å². The standard InChI is InChI=1S/C6HCl5.C6H6O.H2S/c7-2-1-3(8)5(10)6(11)4(2)9;7-6-4-2-1-3-5-6;/h1H;1-5,7H;1H2. The molecule has 0 aromatic heterocycles. The number of para-hydroxylation sites is 1. The minimum absolute atomic E-state index is 0. The Kier molecular flexibility index (Phi) is 9.08. The molecule has 2 aromatic carbocycles. The number of hydrogen-bond donors (Lipinski definition) is 1. The molecule has 2 aromatic rings. The summed E-state index contributed by atoms with van der Waals surface area (Å²) in [6.45, 7) is 0. The number of phenolic OH excluding ortho intramolecular Hbond substituents is 1. The van der Waals surface area contributed by atoms with Gasteiger partial charge in [0.1, 0.15) is 5.75 Å². The Morgan fingerprint density at radius 3 is 1.42 bits per heavy atom. The highest BCUT2D eigenvalue weighted by molar-refractivity contribution is 7.59. The van der Waals surface area contributed by atoms with Crippen molar-refractivity contribution < 1.29 is 5.11 Å².